The second-order valence-corrected chi connectivity index (χ2v) is 5.98. The van der Waals surface area contributed by atoms with Gasteiger partial charge in [0.25, 0.3) is 0 Å². The van der Waals surface area contributed by atoms with Gasteiger partial charge in [-0.05, 0) is 32.2 Å². The highest BCUT2D eigenvalue weighted by molar-refractivity contribution is 7.89. The first-order valence-electron chi connectivity index (χ1n) is 5.86. The summed E-state index contributed by atoms with van der Waals surface area (Å²) in [5, 5.41) is 3.17. The average Bonchev–Trinajstić information content (AvgIpc) is 2.93. The molecule has 5 nitrogen and oxygen atoms in total. The minimum Gasteiger partial charge on any atom is -0.472 e. The summed E-state index contributed by atoms with van der Waals surface area (Å²) in [6.45, 7) is 1.94. The maximum Gasteiger partial charge on any atom is 0.242 e. The maximum atomic E-state index is 11.9. The standard InChI is InChI=1S/C13H16N2O3S/c1-10(11-7-8-18-9-11)15-12-5-3-4-6-13(12)19(16,17)14-2/h3-10,14-15H,1-2H3. The molecular formula is C13H16N2O3S. The normalized spacial score (nSPS) is 13.2. The molecular weight excluding hydrogens is 264 g/mol. The third-order valence-corrected chi connectivity index (χ3v) is 4.33. The Morgan fingerprint density at radius 1 is 1.21 bits per heavy atom. The molecule has 0 aliphatic carbocycles. The summed E-state index contributed by atoms with van der Waals surface area (Å²) in [5.74, 6) is 0. The van der Waals surface area contributed by atoms with Crippen LogP contribution >= 0.6 is 0 Å². The van der Waals surface area contributed by atoms with Gasteiger partial charge in [0.15, 0.2) is 0 Å². The van der Waals surface area contributed by atoms with E-state index in [2.05, 4.69) is 10.0 Å². The lowest BCUT2D eigenvalue weighted by Gasteiger charge is -2.16. The SMILES string of the molecule is CNS(=O)(=O)c1ccccc1NC(C)c1ccoc1. The first-order valence-corrected chi connectivity index (χ1v) is 7.34. The van der Waals surface area contributed by atoms with Crippen molar-refractivity contribution in [1.82, 2.24) is 4.72 Å². The molecule has 1 atom stereocenters. The molecule has 0 saturated heterocycles. The molecule has 2 N–H and O–H groups in total. The van der Waals surface area contributed by atoms with E-state index in [1.165, 1.54) is 7.05 Å². The number of rotatable bonds is 5. The van der Waals surface area contributed by atoms with Crippen molar-refractivity contribution < 1.29 is 12.8 Å². The van der Waals surface area contributed by atoms with E-state index in [0.717, 1.165) is 5.56 Å². The molecule has 0 amide bonds. The quantitative estimate of drug-likeness (QED) is 0.882. The minimum absolute atomic E-state index is 0.0491. The van der Waals surface area contributed by atoms with Crippen molar-refractivity contribution in [3.8, 4) is 0 Å². The maximum absolute atomic E-state index is 11.9. The summed E-state index contributed by atoms with van der Waals surface area (Å²) in [7, 11) is -2.08. The average molecular weight is 280 g/mol. The van der Waals surface area contributed by atoms with Crippen LogP contribution in [0.15, 0.2) is 52.2 Å². The predicted octanol–water partition coefficient (Wildman–Crippen LogP) is 2.36. The van der Waals surface area contributed by atoms with E-state index < -0.39 is 10.0 Å². The highest BCUT2D eigenvalue weighted by atomic mass is 32.2. The van der Waals surface area contributed by atoms with E-state index in [-0.39, 0.29) is 10.9 Å². The zero-order chi connectivity index (χ0) is 13.9. The van der Waals surface area contributed by atoms with Gasteiger partial charge in [-0.2, -0.15) is 0 Å². The van der Waals surface area contributed by atoms with Gasteiger partial charge in [-0.15, -0.1) is 0 Å². The molecule has 19 heavy (non-hydrogen) atoms. The van der Waals surface area contributed by atoms with E-state index in [9.17, 15) is 8.42 Å². The molecule has 1 aromatic carbocycles. The van der Waals surface area contributed by atoms with Crippen LogP contribution in [-0.4, -0.2) is 15.5 Å². The first kappa shape index (κ1) is 13.6. The van der Waals surface area contributed by atoms with Gasteiger partial charge >= 0.3 is 0 Å². The minimum atomic E-state index is -3.48. The van der Waals surface area contributed by atoms with Crippen LogP contribution in [0.4, 0.5) is 5.69 Å². The Labute approximate surface area is 112 Å². The van der Waals surface area contributed by atoms with Crippen LogP contribution in [0.1, 0.15) is 18.5 Å². The number of hydrogen-bond acceptors (Lipinski definition) is 4. The van der Waals surface area contributed by atoms with Gasteiger partial charge in [0.2, 0.25) is 10.0 Å². The van der Waals surface area contributed by atoms with E-state index in [0.29, 0.717) is 5.69 Å². The molecule has 1 unspecified atom stereocenters. The number of anilines is 1. The molecule has 0 fully saturated rings. The van der Waals surface area contributed by atoms with Crippen molar-refractivity contribution in [3.63, 3.8) is 0 Å². The van der Waals surface area contributed by atoms with Crippen LogP contribution in [0.25, 0.3) is 0 Å². The first-order chi connectivity index (χ1) is 9.04. The van der Waals surface area contributed by atoms with Crippen molar-refractivity contribution in [1.29, 1.82) is 0 Å². The molecule has 0 aliphatic rings. The summed E-state index contributed by atoms with van der Waals surface area (Å²) >= 11 is 0. The van der Waals surface area contributed by atoms with Crippen molar-refractivity contribution in [2.45, 2.75) is 17.9 Å². The van der Waals surface area contributed by atoms with Gasteiger partial charge in [0.1, 0.15) is 4.90 Å². The van der Waals surface area contributed by atoms with Crippen molar-refractivity contribution in [3.05, 3.63) is 48.4 Å². The largest absolute Gasteiger partial charge is 0.472 e. The molecule has 102 valence electrons. The van der Waals surface area contributed by atoms with Crippen molar-refractivity contribution in [2.24, 2.45) is 0 Å². The van der Waals surface area contributed by atoms with Crippen molar-refractivity contribution in [2.75, 3.05) is 12.4 Å². The molecule has 0 aliphatic heterocycles. The highest BCUT2D eigenvalue weighted by Crippen LogP contribution is 2.25. The Kier molecular flexibility index (Phi) is 3.92. The van der Waals surface area contributed by atoms with E-state index in [4.69, 9.17) is 4.42 Å². The van der Waals surface area contributed by atoms with Crippen LogP contribution in [0.5, 0.6) is 0 Å². The van der Waals surface area contributed by atoms with Gasteiger partial charge in [-0.1, -0.05) is 12.1 Å². The topological polar surface area (TPSA) is 71.3 Å². The number of para-hydroxylation sites is 1. The Morgan fingerprint density at radius 2 is 1.95 bits per heavy atom. The number of benzene rings is 1. The van der Waals surface area contributed by atoms with E-state index >= 15 is 0 Å². The lowest BCUT2D eigenvalue weighted by Crippen LogP contribution is -2.20. The highest BCUT2D eigenvalue weighted by Gasteiger charge is 2.17. The van der Waals surface area contributed by atoms with Crippen LogP contribution in [0.3, 0.4) is 0 Å². The number of nitrogens with one attached hydrogen (secondary N) is 2. The molecule has 0 bridgehead atoms. The molecule has 2 aromatic rings. The Hall–Kier alpha value is -1.79. The fraction of sp³-hybridized carbons (Fsp3) is 0.231. The molecule has 1 aromatic heterocycles. The molecule has 0 spiro atoms. The zero-order valence-corrected chi connectivity index (χ0v) is 11.6. The smallest absolute Gasteiger partial charge is 0.242 e. The van der Waals surface area contributed by atoms with Gasteiger partial charge < -0.3 is 9.73 Å². The van der Waals surface area contributed by atoms with Gasteiger partial charge in [0.05, 0.1) is 24.3 Å². The van der Waals surface area contributed by atoms with Crippen molar-refractivity contribution >= 4 is 15.7 Å². The molecule has 1 heterocycles. The third kappa shape index (κ3) is 2.97. The summed E-state index contributed by atoms with van der Waals surface area (Å²) in [6, 6.07) is 8.58. The number of sulfonamides is 1. The predicted molar refractivity (Wildman–Crippen MR) is 73.4 cm³/mol. The van der Waals surface area contributed by atoms with E-state index in [1.807, 2.05) is 13.0 Å². The Morgan fingerprint density at radius 3 is 2.58 bits per heavy atom. The Balaban J connectivity index is 2.31. The lowest BCUT2D eigenvalue weighted by molar-refractivity contribution is 0.562. The zero-order valence-electron chi connectivity index (χ0n) is 10.8. The number of hydrogen-bond donors (Lipinski definition) is 2. The summed E-state index contributed by atoms with van der Waals surface area (Å²) in [5.41, 5.74) is 1.52. The van der Waals surface area contributed by atoms with Gasteiger partial charge in [-0.3, -0.25) is 0 Å². The fourth-order valence-electron chi connectivity index (χ4n) is 1.77. The molecule has 2 rings (SSSR count). The van der Waals surface area contributed by atoms with Crippen LogP contribution in [0.2, 0.25) is 0 Å². The lowest BCUT2D eigenvalue weighted by atomic mass is 10.1. The molecule has 0 radical (unpaired) electrons. The summed E-state index contributed by atoms with van der Waals surface area (Å²) in [6.07, 6.45) is 3.22. The molecule has 6 heteroatoms. The fourth-order valence-corrected chi connectivity index (χ4v) is 2.66. The van der Waals surface area contributed by atoms with E-state index in [1.54, 1.807) is 36.8 Å². The number of furan rings is 1. The summed E-state index contributed by atoms with van der Waals surface area (Å²) < 4.78 is 31.2. The Bertz CT molecular complexity index is 636. The summed E-state index contributed by atoms with van der Waals surface area (Å²) in [4.78, 5) is 0.229. The second kappa shape index (κ2) is 5.46. The van der Waals surface area contributed by atoms with Crippen LogP contribution in [0, 0.1) is 0 Å². The van der Waals surface area contributed by atoms with Gasteiger partial charge in [0, 0.05) is 5.56 Å². The van der Waals surface area contributed by atoms with Crippen LogP contribution < -0.4 is 10.0 Å². The molecule has 0 saturated carbocycles. The third-order valence-electron chi connectivity index (χ3n) is 2.86. The second-order valence-electron chi connectivity index (χ2n) is 4.13. The monoisotopic (exact) mass is 280 g/mol. The van der Waals surface area contributed by atoms with Crippen LogP contribution in [-0.2, 0) is 10.0 Å². The van der Waals surface area contributed by atoms with Gasteiger partial charge in [-0.25, -0.2) is 13.1 Å².